The van der Waals surface area contributed by atoms with E-state index in [1.807, 2.05) is 37.9 Å². The Morgan fingerprint density at radius 2 is 2.22 bits per heavy atom. The van der Waals surface area contributed by atoms with Crippen LogP contribution in [0.25, 0.3) is 0 Å². The minimum absolute atomic E-state index is 0.207. The van der Waals surface area contributed by atoms with Gasteiger partial charge in [0.15, 0.2) is 0 Å². The maximum Gasteiger partial charge on any atom is 0.410 e. The zero-order chi connectivity index (χ0) is 17.0. The van der Waals surface area contributed by atoms with Crippen LogP contribution in [-0.2, 0) is 11.3 Å². The molecule has 1 aliphatic heterocycles. The number of hydrogen-bond acceptors (Lipinski definition) is 4. The zero-order valence-electron chi connectivity index (χ0n) is 14.4. The summed E-state index contributed by atoms with van der Waals surface area (Å²) in [5.74, 6) is 0. The highest BCUT2D eigenvalue weighted by molar-refractivity contribution is 9.10. The zero-order valence-corrected chi connectivity index (χ0v) is 16.0. The Balaban J connectivity index is 1.92. The number of aromatic nitrogens is 1. The van der Waals surface area contributed by atoms with Crippen LogP contribution >= 0.6 is 15.9 Å². The second kappa shape index (κ2) is 7.62. The summed E-state index contributed by atoms with van der Waals surface area (Å²) >= 11 is 3.35. The number of piperidine rings is 1. The van der Waals surface area contributed by atoms with Crippen molar-refractivity contribution in [2.24, 2.45) is 0 Å². The van der Waals surface area contributed by atoms with Gasteiger partial charge < -0.3 is 9.64 Å². The minimum Gasteiger partial charge on any atom is -0.444 e. The standard InChI is InChI=1S/C17H26BrN3O2/c1-17(2,3)23-16(22)21-9-5-6-14(12-21)20(4)11-13-7-8-15(18)19-10-13/h7-8,10,14H,5-6,9,11-12H2,1-4H3/t14-/m0/s1. The molecule has 23 heavy (non-hydrogen) atoms. The lowest BCUT2D eigenvalue weighted by molar-refractivity contribution is 0.0121. The third-order valence-corrected chi connectivity index (χ3v) is 4.36. The lowest BCUT2D eigenvalue weighted by Crippen LogP contribution is -2.49. The number of rotatable bonds is 3. The monoisotopic (exact) mass is 383 g/mol. The number of halogens is 1. The molecule has 128 valence electrons. The fraction of sp³-hybridized carbons (Fsp3) is 0.647. The highest BCUT2D eigenvalue weighted by Gasteiger charge is 2.29. The second-order valence-corrected chi connectivity index (χ2v) is 7.94. The molecule has 1 aromatic heterocycles. The van der Waals surface area contributed by atoms with E-state index in [1.165, 1.54) is 5.56 Å². The van der Waals surface area contributed by atoms with Crippen molar-refractivity contribution in [1.82, 2.24) is 14.8 Å². The van der Waals surface area contributed by atoms with Crippen LogP contribution in [0.1, 0.15) is 39.2 Å². The molecule has 1 aliphatic rings. The molecule has 2 rings (SSSR count). The van der Waals surface area contributed by atoms with E-state index in [2.05, 4.69) is 38.9 Å². The number of carbonyl (C=O) groups excluding carboxylic acids is 1. The van der Waals surface area contributed by atoms with Gasteiger partial charge in [0, 0.05) is 31.9 Å². The summed E-state index contributed by atoms with van der Waals surface area (Å²) in [6, 6.07) is 4.37. The topological polar surface area (TPSA) is 45.7 Å². The number of ether oxygens (including phenoxy) is 1. The third-order valence-electron chi connectivity index (χ3n) is 3.89. The van der Waals surface area contributed by atoms with Crippen LogP contribution in [0.5, 0.6) is 0 Å². The van der Waals surface area contributed by atoms with Crippen LogP contribution in [0.4, 0.5) is 4.79 Å². The maximum atomic E-state index is 12.2. The Hall–Kier alpha value is -1.14. The van der Waals surface area contributed by atoms with Crippen molar-refractivity contribution >= 4 is 22.0 Å². The fourth-order valence-electron chi connectivity index (χ4n) is 2.72. The molecule has 0 radical (unpaired) electrons. The first-order valence-electron chi connectivity index (χ1n) is 8.03. The van der Waals surface area contributed by atoms with Gasteiger partial charge in [-0.25, -0.2) is 9.78 Å². The highest BCUT2D eigenvalue weighted by atomic mass is 79.9. The van der Waals surface area contributed by atoms with E-state index < -0.39 is 5.60 Å². The van der Waals surface area contributed by atoms with Gasteiger partial charge in [0.25, 0.3) is 0 Å². The van der Waals surface area contributed by atoms with E-state index in [0.717, 1.165) is 37.1 Å². The summed E-state index contributed by atoms with van der Waals surface area (Å²) in [7, 11) is 2.10. The van der Waals surface area contributed by atoms with Gasteiger partial charge in [-0.3, -0.25) is 4.90 Å². The van der Waals surface area contributed by atoms with Crippen molar-refractivity contribution in [3.63, 3.8) is 0 Å². The van der Waals surface area contributed by atoms with Crippen LogP contribution in [0.2, 0.25) is 0 Å². The fourth-order valence-corrected chi connectivity index (χ4v) is 2.96. The van der Waals surface area contributed by atoms with E-state index in [9.17, 15) is 4.79 Å². The van der Waals surface area contributed by atoms with E-state index in [4.69, 9.17) is 4.74 Å². The number of carbonyl (C=O) groups is 1. The molecular formula is C17H26BrN3O2. The van der Waals surface area contributed by atoms with Crippen LogP contribution in [0, 0.1) is 0 Å². The van der Waals surface area contributed by atoms with Crippen molar-refractivity contribution < 1.29 is 9.53 Å². The van der Waals surface area contributed by atoms with Crippen molar-refractivity contribution in [2.75, 3.05) is 20.1 Å². The molecule has 2 heterocycles. The number of hydrogen-bond donors (Lipinski definition) is 0. The average molecular weight is 384 g/mol. The van der Waals surface area contributed by atoms with Gasteiger partial charge in [-0.05, 0) is 68.2 Å². The summed E-state index contributed by atoms with van der Waals surface area (Å²) in [5, 5.41) is 0. The van der Waals surface area contributed by atoms with Crippen LogP contribution < -0.4 is 0 Å². The van der Waals surface area contributed by atoms with E-state index >= 15 is 0 Å². The van der Waals surface area contributed by atoms with E-state index in [-0.39, 0.29) is 6.09 Å². The van der Waals surface area contributed by atoms with Gasteiger partial charge in [0.05, 0.1) is 0 Å². The van der Waals surface area contributed by atoms with Gasteiger partial charge in [-0.1, -0.05) is 6.07 Å². The molecule has 1 saturated heterocycles. The van der Waals surface area contributed by atoms with Gasteiger partial charge in [-0.15, -0.1) is 0 Å². The largest absolute Gasteiger partial charge is 0.444 e. The van der Waals surface area contributed by atoms with Gasteiger partial charge in [0.2, 0.25) is 0 Å². The predicted molar refractivity (Wildman–Crippen MR) is 94.2 cm³/mol. The predicted octanol–water partition coefficient (Wildman–Crippen LogP) is 3.68. The SMILES string of the molecule is CN(Cc1ccc(Br)nc1)[C@H]1CCCN(C(=O)OC(C)(C)C)C1. The molecule has 1 amide bonds. The first kappa shape index (κ1) is 18.2. The molecule has 5 nitrogen and oxygen atoms in total. The summed E-state index contributed by atoms with van der Waals surface area (Å²) < 4.78 is 6.34. The number of nitrogens with zero attached hydrogens (tertiary/aromatic N) is 3. The van der Waals surface area contributed by atoms with Crippen molar-refractivity contribution in [2.45, 2.75) is 51.8 Å². The lowest BCUT2D eigenvalue weighted by Gasteiger charge is -2.38. The van der Waals surface area contributed by atoms with E-state index in [0.29, 0.717) is 6.04 Å². The van der Waals surface area contributed by atoms with Crippen LogP contribution in [0.15, 0.2) is 22.9 Å². The van der Waals surface area contributed by atoms with Crippen LogP contribution in [-0.4, -0.2) is 52.7 Å². The van der Waals surface area contributed by atoms with Gasteiger partial charge in [-0.2, -0.15) is 0 Å². The van der Waals surface area contributed by atoms with Gasteiger partial charge >= 0.3 is 6.09 Å². The molecule has 1 atom stereocenters. The molecule has 0 bridgehead atoms. The molecule has 1 aromatic rings. The smallest absolute Gasteiger partial charge is 0.410 e. The van der Waals surface area contributed by atoms with Crippen LogP contribution in [0.3, 0.4) is 0 Å². The number of likely N-dealkylation sites (tertiary alicyclic amines) is 1. The molecule has 0 spiro atoms. The summed E-state index contributed by atoms with van der Waals surface area (Å²) in [6.07, 6.45) is 3.78. The summed E-state index contributed by atoms with van der Waals surface area (Å²) in [4.78, 5) is 20.6. The van der Waals surface area contributed by atoms with E-state index in [1.54, 1.807) is 0 Å². The second-order valence-electron chi connectivity index (χ2n) is 7.13. The van der Waals surface area contributed by atoms with Crippen molar-refractivity contribution in [3.8, 4) is 0 Å². The highest BCUT2D eigenvalue weighted by Crippen LogP contribution is 2.19. The quantitative estimate of drug-likeness (QED) is 0.746. The average Bonchev–Trinajstić information content (AvgIpc) is 2.48. The molecule has 0 aromatic carbocycles. The molecule has 0 saturated carbocycles. The molecule has 1 fully saturated rings. The normalized spacial score (nSPS) is 19.0. The summed E-state index contributed by atoms with van der Waals surface area (Å²) in [5.41, 5.74) is 0.726. The molecule has 6 heteroatoms. The Kier molecular flexibility index (Phi) is 6.03. The molecule has 0 aliphatic carbocycles. The Bertz CT molecular complexity index is 528. The Morgan fingerprint density at radius 1 is 1.48 bits per heavy atom. The lowest BCUT2D eigenvalue weighted by atomic mass is 10.0. The molecule has 0 N–H and O–H groups in total. The minimum atomic E-state index is -0.445. The third kappa shape index (κ3) is 5.77. The molecular weight excluding hydrogens is 358 g/mol. The first-order chi connectivity index (χ1) is 10.7. The van der Waals surface area contributed by atoms with Crippen molar-refractivity contribution in [3.05, 3.63) is 28.5 Å². The van der Waals surface area contributed by atoms with Gasteiger partial charge in [0.1, 0.15) is 10.2 Å². The molecule has 0 unspecified atom stereocenters. The number of amides is 1. The Morgan fingerprint density at radius 3 is 2.83 bits per heavy atom. The van der Waals surface area contributed by atoms with Crippen molar-refractivity contribution in [1.29, 1.82) is 0 Å². The summed E-state index contributed by atoms with van der Waals surface area (Å²) in [6.45, 7) is 8.03. The number of pyridine rings is 1. The first-order valence-corrected chi connectivity index (χ1v) is 8.82. The number of likely N-dealkylation sites (N-methyl/N-ethyl adjacent to an activating group) is 1. The Labute approximate surface area is 147 Å². The maximum absolute atomic E-state index is 12.2.